The van der Waals surface area contributed by atoms with Gasteiger partial charge in [-0.3, -0.25) is 5.43 Å². The van der Waals surface area contributed by atoms with E-state index in [2.05, 4.69) is 22.7 Å². The number of amidine groups is 1. The van der Waals surface area contributed by atoms with Crippen LogP contribution in [0.25, 0.3) is 32.1 Å². The van der Waals surface area contributed by atoms with E-state index in [0.29, 0.717) is 5.76 Å². The van der Waals surface area contributed by atoms with Crippen LogP contribution in [0.2, 0.25) is 0 Å². The van der Waals surface area contributed by atoms with Gasteiger partial charge in [0.25, 0.3) is 0 Å². The van der Waals surface area contributed by atoms with E-state index >= 15 is 0 Å². The molecule has 5 rings (SSSR count). The molecular formula is C21H15N5OS. The third-order valence-corrected chi connectivity index (χ3v) is 5.85. The smallest absolute Gasteiger partial charge is 0.139 e. The molecule has 2 atom stereocenters. The van der Waals surface area contributed by atoms with Crippen LogP contribution in [0.1, 0.15) is 11.8 Å². The second kappa shape index (κ2) is 6.51. The van der Waals surface area contributed by atoms with Crippen LogP contribution >= 0.6 is 11.3 Å². The predicted molar refractivity (Wildman–Crippen MR) is 109 cm³/mol. The number of thiazole rings is 1. The monoisotopic (exact) mass is 385 g/mol. The Kier molecular flexibility index (Phi) is 3.85. The summed E-state index contributed by atoms with van der Waals surface area (Å²) in [4.78, 5) is 4.70. The number of para-hydroxylation sites is 1. The van der Waals surface area contributed by atoms with Crippen molar-refractivity contribution in [1.82, 2.24) is 10.4 Å². The summed E-state index contributed by atoms with van der Waals surface area (Å²) in [5, 5.41) is 14.2. The van der Waals surface area contributed by atoms with Crippen LogP contribution in [-0.4, -0.2) is 10.8 Å². The van der Waals surface area contributed by atoms with Crippen LogP contribution in [0.3, 0.4) is 0 Å². The van der Waals surface area contributed by atoms with E-state index in [-0.39, 0.29) is 11.9 Å². The summed E-state index contributed by atoms with van der Waals surface area (Å²) in [7, 11) is 0. The summed E-state index contributed by atoms with van der Waals surface area (Å²) in [5.41, 5.74) is 11.7. The summed E-state index contributed by atoms with van der Waals surface area (Å²) in [5.74, 6) is 1.13. The zero-order valence-electron chi connectivity index (χ0n) is 14.7. The predicted octanol–water partition coefficient (Wildman–Crippen LogP) is 4.28. The first-order valence-electron chi connectivity index (χ1n) is 8.77. The quantitative estimate of drug-likeness (QED) is 0.548. The molecule has 1 aliphatic heterocycles. The molecule has 28 heavy (non-hydrogen) atoms. The van der Waals surface area contributed by atoms with E-state index in [1.54, 1.807) is 11.3 Å². The van der Waals surface area contributed by atoms with Crippen LogP contribution in [0.4, 0.5) is 0 Å². The molecule has 1 aliphatic rings. The summed E-state index contributed by atoms with van der Waals surface area (Å²) in [6.07, 6.45) is 0. The number of hydrazone groups is 1. The molecular weight excluding hydrogens is 370 g/mol. The lowest BCUT2D eigenvalue weighted by molar-refractivity contribution is 0.424. The van der Waals surface area contributed by atoms with Gasteiger partial charge in [-0.2, -0.15) is 10.4 Å². The highest BCUT2D eigenvalue weighted by Gasteiger charge is 2.33. The molecule has 6 nitrogen and oxygen atoms in total. The van der Waals surface area contributed by atoms with Gasteiger partial charge in [0.1, 0.15) is 34.3 Å². The maximum atomic E-state index is 9.29. The number of benzene rings is 2. The summed E-state index contributed by atoms with van der Waals surface area (Å²) in [6.45, 7) is 0. The molecule has 136 valence electrons. The van der Waals surface area contributed by atoms with Crippen molar-refractivity contribution in [2.24, 2.45) is 16.8 Å². The van der Waals surface area contributed by atoms with E-state index in [4.69, 9.17) is 15.1 Å². The Bertz CT molecular complexity index is 1200. The van der Waals surface area contributed by atoms with E-state index in [0.717, 1.165) is 27.4 Å². The van der Waals surface area contributed by atoms with E-state index < -0.39 is 5.92 Å². The van der Waals surface area contributed by atoms with Gasteiger partial charge in [0.15, 0.2) is 0 Å². The van der Waals surface area contributed by atoms with E-state index in [1.165, 1.54) is 4.70 Å². The first kappa shape index (κ1) is 16.5. The first-order valence-corrected chi connectivity index (χ1v) is 9.59. The van der Waals surface area contributed by atoms with E-state index in [9.17, 15) is 5.26 Å². The van der Waals surface area contributed by atoms with Crippen molar-refractivity contribution >= 4 is 27.4 Å². The molecule has 3 N–H and O–H groups in total. The minimum Gasteiger partial charge on any atom is -0.459 e. The molecule has 0 bridgehead atoms. The number of nitriles is 1. The Morgan fingerprint density at radius 1 is 1.04 bits per heavy atom. The van der Waals surface area contributed by atoms with Crippen LogP contribution in [0.5, 0.6) is 0 Å². The maximum absolute atomic E-state index is 9.29. The van der Waals surface area contributed by atoms with Gasteiger partial charge >= 0.3 is 0 Å². The highest BCUT2D eigenvalue weighted by molar-refractivity contribution is 7.21. The summed E-state index contributed by atoms with van der Waals surface area (Å²) < 4.78 is 7.15. The minimum absolute atomic E-state index is 0.283. The molecule has 0 aliphatic carbocycles. The average molecular weight is 385 g/mol. The van der Waals surface area contributed by atoms with Crippen LogP contribution in [0, 0.1) is 17.2 Å². The highest BCUT2D eigenvalue weighted by Crippen LogP contribution is 2.34. The molecule has 0 amide bonds. The van der Waals surface area contributed by atoms with Crippen molar-refractivity contribution in [3.63, 3.8) is 0 Å². The van der Waals surface area contributed by atoms with Crippen molar-refractivity contribution in [3.8, 4) is 28.0 Å². The largest absolute Gasteiger partial charge is 0.459 e. The Morgan fingerprint density at radius 2 is 1.82 bits per heavy atom. The number of nitrogens with zero attached hydrogens (tertiary/aromatic N) is 3. The standard InChI is InChI=1S/C21H15N5OS/c22-11-14-19(25-26-20(14)23)17-10-9-16(27-17)12-5-7-13(8-6-12)21-24-15-3-1-2-4-18(15)28-21/h1-10,14,19,25H,(H2,23,26). The van der Waals surface area contributed by atoms with Crippen molar-refractivity contribution in [3.05, 3.63) is 66.4 Å². The molecule has 2 aromatic heterocycles. The summed E-state index contributed by atoms with van der Waals surface area (Å²) in [6, 6.07) is 21.8. The van der Waals surface area contributed by atoms with Crippen molar-refractivity contribution < 1.29 is 4.42 Å². The molecule has 4 aromatic rings. The number of rotatable bonds is 3. The second-order valence-corrected chi connectivity index (χ2v) is 7.55. The molecule has 0 fully saturated rings. The van der Waals surface area contributed by atoms with E-state index in [1.807, 2.05) is 54.6 Å². The molecule has 0 radical (unpaired) electrons. The van der Waals surface area contributed by atoms with Gasteiger partial charge in [0.05, 0.1) is 16.3 Å². The maximum Gasteiger partial charge on any atom is 0.139 e. The third kappa shape index (κ3) is 2.71. The SMILES string of the molecule is N#CC1C(N)=NNC1c1ccc(-c2ccc(-c3nc4ccccc4s3)cc2)o1. The summed E-state index contributed by atoms with van der Waals surface area (Å²) >= 11 is 1.68. The number of hydrogen-bond donors (Lipinski definition) is 2. The van der Waals surface area contributed by atoms with Crippen LogP contribution in [-0.2, 0) is 0 Å². The van der Waals surface area contributed by atoms with Gasteiger partial charge in [-0.05, 0) is 24.3 Å². The van der Waals surface area contributed by atoms with Crippen molar-refractivity contribution in [1.29, 1.82) is 5.26 Å². The van der Waals surface area contributed by atoms with Gasteiger partial charge in [0, 0.05) is 11.1 Å². The highest BCUT2D eigenvalue weighted by atomic mass is 32.1. The van der Waals surface area contributed by atoms with Gasteiger partial charge in [-0.15, -0.1) is 11.3 Å². The molecule has 0 saturated heterocycles. The fourth-order valence-electron chi connectivity index (χ4n) is 3.28. The van der Waals surface area contributed by atoms with Crippen LogP contribution < -0.4 is 11.2 Å². The first-order chi connectivity index (χ1) is 13.7. The number of nitrogens with two attached hydrogens (primary N) is 1. The molecule has 0 spiro atoms. The lowest BCUT2D eigenvalue weighted by Crippen LogP contribution is -2.24. The Labute approximate surface area is 164 Å². The van der Waals surface area contributed by atoms with Crippen molar-refractivity contribution in [2.75, 3.05) is 0 Å². The van der Waals surface area contributed by atoms with Crippen molar-refractivity contribution in [2.45, 2.75) is 6.04 Å². The molecule has 2 aromatic carbocycles. The molecule has 2 unspecified atom stereocenters. The number of furan rings is 1. The second-order valence-electron chi connectivity index (χ2n) is 6.52. The number of aromatic nitrogens is 1. The number of hydrogen-bond acceptors (Lipinski definition) is 7. The Morgan fingerprint density at radius 3 is 2.61 bits per heavy atom. The fraction of sp³-hybridized carbons (Fsp3) is 0.0952. The zero-order valence-corrected chi connectivity index (χ0v) is 15.5. The third-order valence-electron chi connectivity index (χ3n) is 4.77. The van der Waals surface area contributed by atoms with Gasteiger partial charge in [-0.1, -0.05) is 36.4 Å². The molecule has 7 heteroatoms. The number of nitrogens with one attached hydrogen (secondary N) is 1. The number of fused-ring (bicyclic) bond motifs is 1. The van der Waals surface area contributed by atoms with Gasteiger partial charge < -0.3 is 10.2 Å². The van der Waals surface area contributed by atoms with Crippen LogP contribution in [0.15, 0.2) is 70.2 Å². The Balaban J connectivity index is 1.41. The molecule has 3 heterocycles. The minimum atomic E-state index is -0.527. The average Bonchev–Trinajstić information content (AvgIpc) is 3.45. The van der Waals surface area contributed by atoms with Gasteiger partial charge in [-0.25, -0.2) is 4.98 Å². The fourth-order valence-corrected chi connectivity index (χ4v) is 4.25. The molecule has 0 saturated carbocycles. The normalized spacial score (nSPS) is 18.6. The topological polar surface area (TPSA) is 100 Å². The Hall–Kier alpha value is -3.63. The lowest BCUT2D eigenvalue weighted by atomic mass is 10.0. The zero-order chi connectivity index (χ0) is 19.1. The lowest BCUT2D eigenvalue weighted by Gasteiger charge is -2.10. The van der Waals surface area contributed by atoms with Gasteiger partial charge in [0.2, 0.25) is 0 Å².